The Hall–Kier alpha value is -1.69. The van der Waals surface area contributed by atoms with Gasteiger partial charge in [0.05, 0.1) is 5.01 Å². The number of aromatic nitrogens is 3. The van der Waals surface area contributed by atoms with Crippen LogP contribution >= 0.6 is 11.3 Å². The van der Waals surface area contributed by atoms with Gasteiger partial charge in [-0.05, 0) is 6.92 Å². The topological polar surface area (TPSA) is 76.7 Å². The number of nitrogens with one attached hydrogen (secondary N) is 1. The van der Waals surface area contributed by atoms with Gasteiger partial charge in [-0.3, -0.25) is 0 Å². The molecule has 2 aromatic rings. The number of nitrogen functional groups attached to an aromatic ring is 1. The smallest absolute Gasteiger partial charge is 0.222 e. The zero-order chi connectivity index (χ0) is 11.4. The lowest BCUT2D eigenvalue weighted by Gasteiger charge is -2.05. The molecule has 3 N–H and O–H groups in total. The standard InChI is InChI=1S/C10H13N5S/c1-7-6-8(15-10(11)14-7)12-3-2-9-13-4-5-16-9/h4-6H,2-3H2,1H3,(H3,11,12,14,15). The molecule has 2 aromatic heterocycles. The summed E-state index contributed by atoms with van der Waals surface area (Å²) in [5.41, 5.74) is 6.42. The summed E-state index contributed by atoms with van der Waals surface area (Å²) in [6.07, 6.45) is 2.70. The average Bonchev–Trinajstić information content (AvgIpc) is 2.69. The lowest BCUT2D eigenvalue weighted by Crippen LogP contribution is -2.08. The molecule has 0 radical (unpaired) electrons. The first kappa shape index (κ1) is 10.8. The summed E-state index contributed by atoms with van der Waals surface area (Å²) >= 11 is 1.66. The number of hydrogen-bond donors (Lipinski definition) is 2. The molecule has 5 nitrogen and oxygen atoms in total. The van der Waals surface area contributed by atoms with E-state index in [9.17, 15) is 0 Å². The molecule has 0 atom stereocenters. The van der Waals surface area contributed by atoms with Crippen LogP contribution in [0, 0.1) is 6.92 Å². The summed E-state index contributed by atoms with van der Waals surface area (Å²) in [4.78, 5) is 12.3. The fraction of sp³-hybridized carbons (Fsp3) is 0.300. The van der Waals surface area contributed by atoms with Gasteiger partial charge in [0.1, 0.15) is 5.82 Å². The average molecular weight is 235 g/mol. The van der Waals surface area contributed by atoms with Gasteiger partial charge in [0.2, 0.25) is 5.95 Å². The van der Waals surface area contributed by atoms with Crippen molar-refractivity contribution < 1.29 is 0 Å². The number of thiazole rings is 1. The molecule has 0 saturated heterocycles. The highest BCUT2D eigenvalue weighted by molar-refractivity contribution is 7.09. The predicted molar refractivity (Wildman–Crippen MR) is 65.5 cm³/mol. The van der Waals surface area contributed by atoms with Gasteiger partial charge in [-0.25, -0.2) is 9.97 Å². The Balaban J connectivity index is 1.89. The number of anilines is 2. The van der Waals surface area contributed by atoms with E-state index in [1.807, 2.05) is 24.6 Å². The molecule has 6 heteroatoms. The number of aryl methyl sites for hydroxylation is 1. The monoisotopic (exact) mass is 235 g/mol. The maximum atomic E-state index is 5.55. The quantitative estimate of drug-likeness (QED) is 0.839. The number of rotatable bonds is 4. The SMILES string of the molecule is Cc1cc(NCCc2nccs2)nc(N)n1. The van der Waals surface area contributed by atoms with E-state index in [1.54, 1.807) is 11.3 Å². The van der Waals surface area contributed by atoms with Crippen LogP contribution < -0.4 is 11.1 Å². The lowest BCUT2D eigenvalue weighted by molar-refractivity contribution is 0.980. The first-order chi connectivity index (χ1) is 7.74. The fourth-order valence-corrected chi connectivity index (χ4v) is 1.98. The minimum Gasteiger partial charge on any atom is -0.369 e. The van der Waals surface area contributed by atoms with Crippen LogP contribution in [0.1, 0.15) is 10.7 Å². The third kappa shape index (κ3) is 2.90. The number of nitrogens with two attached hydrogens (primary N) is 1. The van der Waals surface area contributed by atoms with Crippen molar-refractivity contribution >= 4 is 23.1 Å². The molecule has 2 heterocycles. The van der Waals surface area contributed by atoms with Gasteiger partial charge in [-0.1, -0.05) is 0 Å². The van der Waals surface area contributed by atoms with Crippen LogP contribution in [0.5, 0.6) is 0 Å². The molecule has 0 bridgehead atoms. The van der Waals surface area contributed by atoms with Crippen molar-refractivity contribution in [2.45, 2.75) is 13.3 Å². The summed E-state index contributed by atoms with van der Waals surface area (Å²) in [5, 5.41) is 6.29. The van der Waals surface area contributed by atoms with Gasteiger partial charge in [-0.15, -0.1) is 11.3 Å². The molecule has 0 aliphatic rings. The minimum absolute atomic E-state index is 0.303. The van der Waals surface area contributed by atoms with Crippen LogP contribution in [0.15, 0.2) is 17.6 Å². The second-order valence-electron chi connectivity index (χ2n) is 3.36. The van der Waals surface area contributed by atoms with Crippen molar-refractivity contribution in [1.29, 1.82) is 0 Å². The zero-order valence-corrected chi connectivity index (χ0v) is 9.79. The molecule has 2 rings (SSSR count). The Morgan fingerprint density at radius 2 is 2.31 bits per heavy atom. The van der Waals surface area contributed by atoms with E-state index in [2.05, 4.69) is 20.3 Å². The van der Waals surface area contributed by atoms with Crippen molar-refractivity contribution in [3.63, 3.8) is 0 Å². The predicted octanol–water partition coefficient (Wildman–Crippen LogP) is 1.48. The first-order valence-electron chi connectivity index (χ1n) is 4.97. The van der Waals surface area contributed by atoms with Crippen molar-refractivity contribution in [3.8, 4) is 0 Å². The van der Waals surface area contributed by atoms with Crippen LogP contribution in [0.4, 0.5) is 11.8 Å². The van der Waals surface area contributed by atoms with E-state index in [0.717, 1.165) is 29.5 Å². The van der Waals surface area contributed by atoms with Crippen LogP contribution in [0.25, 0.3) is 0 Å². The summed E-state index contributed by atoms with van der Waals surface area (Å²) in [6.45, 7) is 2.69. The third-order valence-electron chi connectivity index (χ3n) is 2.00. The highest BCUT2D eigenvalue weighted by Gasteiger charge is 1.99. The summed E-state index contributed by atoms with van der Waals surface area (Å²) in [5.74, 6) is 1.07. The van der Waals surface area contributed by atoms with E-state index in [-0.39, 0.29) is 0 Å². The Bertz CT molecular complexity index is 434. The van der Waals surface area contributed by atoms with Crippen LogP contribution in [0.3, 0.4) is 0 Å². The number of hydrogen-bond acceptors (Lipinski definition) is 6. The van der Waals surface area contributed by atoms with Crippen molar-refractivity contribution in [2.24, 2.45) is 0 Å². The van der Waals surface area contributed by atoms with E-state index in [1.165, 1.54) is 0 Å². The molecule has 0 aliphatic heterocycles. The summed E-state index contributed by atoms with van der Waals surface area (Å²) in [6, 6.07) is 1.87. The van der Waals surface area contributed by atoms with Gasteiger partial charge >= 0.3 is 0 Å². The molecule has 0 spiro atoms. The second kappa shape index (κ2) is 4.89. The van der Waals surface area contributed by atoms with E-state index < -0.39 is 0 Å². The molecular formula is C10H13N5S. The molecule has 0 fully saturated rings. The van der Waals surface area contributed by atoms with Gasteiger partial charge in [0, 0.05) is 36.3 Å². The van der Waals surface area contributed by atoms with E-state index >= 15 is 0 Å². The van der Waals surface area contributed by atoms with Crippen molar-refractivity contribution in [3.05, 3.63) is 28.3 Å². The summed E-state index contributed by atoms with van der Waals surface area (Å²) < 4.78 is 0. The Labute approximate surface area is 97.8 Å². The molecule has 84 valence electrons. The first-order valence-corrected chi connectivity index (χ1v) is 5.85. The van der Waals surface area contributed by atoms with Crippen molar-refractivity contribution in [2.75, 3.05) is 17.6 Å². The Morgan fingerprint density at radius 3 is 3.00 bits per heavy atom. The van der Waals surface area contributed by atoms with Crippen LogP contribution in [-0.4, -0.2) is 21.5 Å². The highest BCUT2D eigenvalue weighted by Crippen LogP contribution is 2.08. The normalized spacial score (nSPS) is 10.3. The molecule has 0 saturated carbocycles. The largest absolute Gasteiger partial charge is 0.369 e. The lowest BCUT2D eigenvalue weighted by atomic mass is 10.4. The van der Waals surface area contributed by atoms with E-state index in [0.29, 0.717) is 5.95 Å². The Kier molecular flexibility index (Phi) is 3.31. The maximum absolute atomic E-state index is 5.55. The highest BCUT2D eigenvalue weighted by atomic mass is 32.1. The Morgan fingerprint density at radius 1 is 1.44 bits per heavy atom. The van der Waals surface area contributed by atoms with Gasteiger partial charge in [0.15, 0.2) is 0 Å². The van der Waals surface area contributed by atoms with Crippen LogP contribution in [-0.2, 0) is 6.42 Å². The molecule has 0 aliphatic carbocycles. The molecule has 0 aromatic carbocycles. The van der Waals surface area contributed by atoms with Gasteiger partial charge in [0.25, 0.3) is 0 Å². The maximum Gasteiger partial charge on any atom is 0.222 e. The molecular weight excluding hydrogens is 222 g/mol. The molecule has 0 unspecified atom stereocenters. The van der Waals surface area contributed by atoms with E-state index in [4.69, 9.17) is 5.73 Å². The molecule has 16 heavy (non-hydrogen) atoms. The minimum atomic E-state index is 0.303. The van der Waals surface area contributed by atoms with Crippen LogP contribution in [0.2, 0.25) is 0 Å². The summed E-state index contributed by atoms with van der Waals surface area (Å²) in [7, 11) is 0. The second-order valence-corrected chi connectivity index (χ2v) is 4.33. The van der Waals surface area contributed by atoms with Gasteiger partial charge in [-0.2, -0.15) is 4.98 Å². The number of nitrogens with zero attached hydrogens (tertiary/aromatic N) is 3. The molecule has 0 amide bonds. The fourth-order valence-electron chi connectivity index (χ4n) is 1.36. The van der Waals surface area contributed by atoms with Crippen molar-refractivity contribution in [1.82, 2.24) is 15.0 Å². The third-order valence-corrected chi connectivity index (χ3v) is 2.84. The van der Waals surface area contributed by atoms with Gasteiger partial charge < -0.3 is 11.1 Å². The zero-order valence-electron chi connectivity index (χ0n) is 8.97.